The third-order valence-electron chi connectivity index (χ3n) is 3.04. The number of rotatable bonds is 4. The van der Waals surface area contributed by atoms with Gasteiger partial charge in [-0.25, -0.2) is 0 Å². The Morgan fingerprint density at radius 3 is 2.88 bits per heavy atom. The van der Waals surface area contributed by atoms with Crippen molar-refractivity contribution < 1.29 is 0 Å². The molecule has 0 atom stereocenters. The molecular formula is C13H18N2S. The van der Waals surface area contributed by atoms with Crippen LogP contribution in [-0.2, 0) is 19.4 Å². The number of hydrogen-bond donors (Lipinski definition) is 1. The smallest absolute Gasteiger partial charge is 0.0870 e. The fraction of sp³-hybridized carbons (Fsp3) is 0.462. The van der Waals surface area contributed by atoms with Gasteiger partial charge in [-0.1, -0.05) is 30.4 Å². The first-order valence-corrected chi connectivity index (χ1v) is 6.13. The molecule has 2 nitrogen and oxygen atoms in total. The normalized spacial score (nSPS) is 14.1. The van der Waals surface area contributed by atoms with E-state index in [1.807, 2.05) is 7.05 Å². The molecule has 1 aliphatic carbocycles. The van der Waals surface area contributed by atoms with Crippen molar-refractivity contribution in [1.29, 1.82) is 0 Å². The molecule has 0 amide bonds. The van der Waals surface area contributed by atoms with Crippen LogP contribution in [0.1, 0.15) is 23.1 Å². The van der Waals surface area contributed by atoms with E-state index in [2.05, 4.69) is 23.1 Å². The highest BCUT2D eigenvalue weighted by Crippen LogP contribution is 2.23. The van der Waals surface area contributed by atoms with Crippen LogP contribution in [0.4, 0.5) is 0 Å². The molecular weight excluding hydrogens is 216 g/mol. The van der Waals surface area contributed by atoms with Gasteiger partial charge in [0.05, 0.1) is 4.99 Å². The van der Waals surface area contributed by atoms with Crippen molar-refractivity contribution in [2.45, 2.75) is 25.8 Å². The first-order valence-electron chi connectivity index (χ1n) is 5.72. The van der Waals surface area contributed by atoms with Crippen molar-refractivity contribution in [3.05, 3.63) is 34.9 Å². The summed E-state index contributed by atoms with van der Waals surface area (Å²) < 4.78 is 0. The van der Waals surface area contributed by atoms with Crippen molar-refractivity contribution in [3.8, 4) is 0 Å². The molecule has 0 saturated carbocycles. The van der Waals surface area contributed by atoms with Crippen molar-refractivity contribution in [2.75, 3.05) is 13.6 Å². The second-order valence-electron chi connectivity index (χ2n) is 4.60. The molecule has 0 radical (unpaired) electrons. The monoisotopic (exact) mass is 234 g/mol. The van der Waals surface area contributed by atoms with E-state index in [0.717, 1.165) is 6.54 Å². The summed E-state index contributed by atoms with van der Waals surface area (Å²) >= 11 is 4.90. The van der Waals surface area contributed by atoms with Crippen LogP contribution in [0, 0.1) is 0 Å². The Balaban J connectivity index is 2.02. The zero-order chi connectivity index (χ0) is 11.5. The van der Waals surface area contributed by atoms with Crippen LogP contribution < -0.4 is 5.73 Å². The van der Waals surface area contributed by atoms with Crippen molar-refractivity contribution in [1.82, 2.24) is 4.90 Å². The Morgan fingerprint density at radius 2 is 2.12 bits per heavy atom. The van der Waals surface area contributed by atoms with Gasteiger partial charge in [0.25, 0.3) is 0 Å². The second kappa shape index (κ2) is 4.93. The van der Waals surface area contributed by atoms with E-state index in [0.29, 0.717) is 11.5 Å². The van der Waals surface area contributed by atoms with Crippen LogP contribution in [0.5, 0.6) is 0 Å². The quantitative estimate of drug-likeness (QED) is 0.807. The summed E-state index contributed by atoms with van der Waals surface area (Å²) in [6.07, 6.45) is 3.79. The van der Waals surface area contributed by atoms with E-state index in [4.69, 9.17) is 18.0 Å². The molecule has 1 aromatic carbocycles. The van der Waals surface area contributed by atoms with Gasteiger partial charge in [0.2, 0.25) is 0 Å². The van der Waals surface area contributed by atoms with Crippen LogP contribution in [0.2, 0.25) is 0 Å². The summed E-state index contributed by atoms with van der Waals surface area (Å²) in [4.78, 5) is 2.71. The summed E-state index contributed by atoms with van der Waals surface area (Å²) in [5.74, 6) is 0. The highest BCUT2D eigenvalue weighted by Gasteiger charge is 2.11. The maximum atomic E-state index is 5.53. The molecule has 1 aromatic rings. The van der Waals surface area contributed by atoms with Crippen LogP contribution in [0.15, 0.2) is 18.2 Å². The van der Waals surface area contributed by atoms with Crippen LogP contribution >= 0.6 is 12.2 Å². The lowest BCUT2D eigenvalue weighted by atomic mass is 10.1. The van der Waals surface area contributed by atoms with Crippen molar-refractivity contribution in [2.24, 2.45) is 5.73 Å². The highest BCUT2D eigenvalue weighted by molar-refractivity contribution is 7.80. The number of fused-ring (bicyclic) bond motifs is 1. The lowest BCUT2D eigenvalue weighted by Gasteiger charge is -2.16. The van der Waals surface area contributed by atoms with Gasteiger partial charge in [0.15, 0.2) is 0 Å². The SMILES string of the molecule is CN(CC(N)=S)Cc1ccc2c(c1)CCC2. The minimum absolute atomic E-state index is 0.559. The Morgan fingerprint density at radius 1 is 1.38 bits per heavy atom. The van der Waals surface area contributed by atoms with E-state index in [9.17, 15) is 0 Å². The first-order chi connectivity index (χ1) is 7.65. The lowest BCUT2D eigenvalue weighted by molar-refractivity contribution is 0.374. The van der Waals surface area contributed by atoms with Gasteiger partial charge in [-0.15, -0.1) is 0 Å². The molecule has 16 heavy (non-hydrogen) atoms. The third-order valence-corrected chi connectivity index (χ3v) is 3.17. The topological polar surface area (TPSA) is 29.3 Å². The van der Waals surface area contributed by atoms with Crippen molar-refractivity contribution >= 4 is 17.2 Å². The summed E-state index contributed by atoms with van der Waals surface area (Å²) in [6, 6.07) is 6.82. The maximum absolute atomic E-state index is 5.53. The molecule has 0 saturated heterocycles. The van der Waals surface area contributed by atoms with Gasteiger partial charge in [-0.2, -0.15) is 0 Å². The Labute approximate surface area is 102 Å². The minimum Gasteiger partial charge on any atom is -0.392 e. The molecule has 3 heteroatoms. The van der Waals surface area contributed by atoms with Crippen molar-refractivity contribution in [3.63, 3.8) is 0 Å². The maximum Gasteiger partial charge on any atom is 0.0870 e. The van der Waals surface area contributed by atoms with E-state index in [-0.39, 0.29) is 0 Å². The van der Waals surface area contributed by atoms with Crippen LogP contribution in [0.3, 0.4) is 0 Å². The van der Waals surface area contributed by atoms with Crippen LogP contribution in [-0.4, -0.2) is 23.5 Å². The Kier molecular flexibility index (Phi) is 3.56. The van der Waals surface area contributed by atoms with Crippen LogP contribution in [0.25, 0.3) is 0 Å². The average Bonchev–Trinajstić information content (AvgIpc) is 2.63. The van der Waals surface area contributed by atoms with E-state index < -0.39 is 0 Å². The molecule has 2 rings (SSSR count). The molecule has 0 spiro atoms. The number of likely N-dealkylation sites (N-methyl/N-ethyl adjacent to an activating group) is 1. The largest absolute Gasteiger partial charge is 0.392 e. The number of nitrogens with two attached hydrogens (primary N) is 1. The standard InChI is InChI=1S/C13H18N2S/c1-15(9-13(14)16)8-10-5-6-11-3-2-4-12(11)7-10/h5-7H,2-4,8-9H2,1H3,(H2,14,16). The van der Waals surface area contributed by atoms with Gasteiger partial charge < -0.3 is 5.73 Å². The Hall–Kier alpha value is -0.930. The predicted molar refractivity (Wildman–Crippen MR) is 71.6 cm³/mol. The minimum atomic E-state index is 0.559. The highest BCUT2D eigenvalue weighted by atomic mass is 32.1. The van der Waals surface area contributed by atoms with Gasteiger partial charge in [0.1, 0.15) is 0 Å². The fourth-order valence-electron chi connectivity index (χ4n) is 2.36. The molecule has 0 bridgehead atoms. The predicted octanol–water partition coefficient (Wildman–Crippen LogP) is 1.89. The molecule has 2 N–H and O–H groups in total. The molecule has 0 aliphatic heterocycles. The van der Waals surface area contributed by atoms with Gasteiger partial charge in [-0.05, 0) is 43.0 Å². The summed E-state index contributed by atoms with van der Waals surface area (Å²) in [6.45, 7) is 1.61. The van der Waals surface area contributed by atoms with Gasteiger partial charge in [0, 0.05) is 13.1 Å². The van der Waals surface area contributed by atoms with E-state index in [1.165, 1.54) is 36.0 Å². The molecule has 0 aromatic heterocycles. The zero-order valence-electron chi connectivity index (χ0n) is 9.70. The lowest BCUT2D eigenvalue weighted by Crippen LogP contribution is -2.28. The first kappa shape index (κ1) is 11.6. The zero-order valence-corrected chi connectivity index (χ0v) is 10.5. The summed E-state index contributed by atoms with van der Waals surface area (Å²) in [5.41, 5.74) is 9.94. The molecule has 86 valence electrons. The Bertz CT molecular complexity index is 401. The molecule has 0 heterocycles. The third kappa shape index (κ3) is 2.80. The summed E-state index contributed by atoms with van der Waals surface area (Å²) in [5, 5.41) is 0. The van der Waals surface area contributed by atoms with Gasteiger partial charge >= 0.3 is 0 Å². The average molecular weight is 234 g/mol. The fourth-order valence-corrected chi connectivity index (χ4v) is 2.58. The number of aryl methyl sites for hydroxylation is 2. The number of benzene rings is 1. The van der Waals surface area contributed by atoms with E-state index >= 15 is 0 Å². The number of hydrogen-bond acceptors (Lipinski definition) is 2. The second-order valence-corrected chi connectivity index (χ2v) is 5.12. The number of thiocarbonyl (C=S) groups is 1. The van der Waals surface area contributed by atoms with Gasteiger partial charge in [-0.3, -0.25) is 4.90 Å². The molecule has 0 unspecified atom stereocenters. The molecule has 0 fully saturated rings. The number of nitrogens with zero attached hydrogens (tertiary/aromatic N) is 1. The van der Waals surface area contributed by atoms with E-state index in [1.54, 1.807) is 0 Å². The summed E-state index contributed by atoms with van der Waals surface area (Å²) in [7, 11) is 2.05. The molecule has 1 aliphatic rings.